The molecule has 0 heterocycles. The van der Waals surface area contributed by atoms with Gasteiger partial charge in [0.05, 0.1) is 17.0 Å². The number of amides is 2. The van der Waals surface area contributed by atoms with Crippen LogP contribution in [0.5, 0.6) is 0 Å². The Morgan fingerprint density at radius 2 is 1.76 bits per heavy atom. The second kappa shape index (κ2) is 13.0. The minimum Gasteiger partial charge on any atom is -0.354 e. The molecule has 1 N–H and O–H groups in total. The Morgan fingerprint density at radius 3 is 2.38 bits per heavy atom. The van der Waals surface area contributed by atoms with Crippen LogP contribution in [0.25, 0.3) is 0 Å². The minimum atomic E-state index is -3.66. The fourth-order valence-electron chi connectivity index (χ4n) is 3.42. The summed E-state index contributed by atoms with van der Waals surface area (Å²) in [5, 5.41) is 3.43. The normalized spacial score (nSPS) is 12.1. The highest BCUT2D eigenvalue weighted by molar-refractivity contribution is 7.92. The van der Waals surface area contributed by atoms with Crippen LogP contribution in [-0.2, 0) is 26.2 Å². The van der Waals surface area contributed by atoms with E-state index in [2.05, 4.69) is 5.32 Å². The molecule has 2 aromatic rings. The minimum absolute atomic E-state index is 0.0419. The summed E-state index contributed by atoms with van der Waals surface area (Å²) in [6.45, 7) is 4.49. The maximum Gasteiger partial charge on any atom is 0.242 e. The third kappa shape index (κ3) is 8.18. The second-order valence-corrected chi connectivity index (χ2v) is 10.8. The number of benzene rings is 2. The molecule has 7 nitrogen and oxygen atoms in total. The van der Waals surface area contributed by atoms with Crippen LogP contribution in [0.3, 0.4) is 0 Å². The summed E-state index contributed by atoms with van der Waals surface area (Å²) in [7, 11) is -3.66. The van der Waals surface area contributed by atoms with E-state index < -0.39 is 16.1 Å². The Kier molecular flexibility index (Phi) is 10.7. The van der Waals surface area contributed by atoms with E-state index in [1.54, 1.807) is 13.0 Å². The molecule has 0 aliphatic rings. The molecular weight excluding hydrogens is 497 g/mol. The predicted molar refractivity (Wildman–Crippen MR) is 138 cm³/mol. The van der Waals surface area contributed by atoms with Crippen LogP contribution in [0, 0.1) is 0 Å². The molecule has 0 aromatic heterocycles. The molecule has 0 unspecified atom stereocenters. The van der Waals surface area contributed by atoms with Crippen molar-refractivity contribution in [2.45, 2.75) is 45.7 Å². The average Bonchev–Trinajstić information content (AvgIpc) is 2.79. The molecule has 0 aliphatic carbocycles. The van der Waals surface area contributed by atoms with Gasteiger partial charge in [0, 0.05) is 31.1 Å². The van der Waals surface area contributed by atoms with Crippen molar-refractivity contribution < 1.29 is 18.0 Å². The van der Waals surface area contributed by atoms with E-state index in [4.69, 9.17) is 23.2 Å². The molecule has 0 radical (unpaired) electrons. The van der Waals surface area contributed by atoms with Gasteiger partial charge in [-0.2, -0.15) is 0 Å². The molecule has 34 heavy (non-hydrogen) atoms. The Balaban J connectivity index is 2.16. The lowest BCUT2D eigenvalue weighted by Gasteiger charge is -2.29. The standard InChI is InChI=1S/C24H31Cl2N3O4S/c1-4-14-27-24(31)18(2)28(17-19-9-6-5-7-10-19)23(30)11-8-15-29(34(3,32)33)22-16-20(25)12-13-21(22)26/h5-7,9-10,12-13,16,18H,4,8,11,14-15,17H2,1-3H3,(H,27,31)/t18-/m1/s1. The maximum absolute atomic E-state index is 13.2. The predicted octanol–water partition coefficient (Wildman–Crippen LogP) is 4.48. The van der Waals surface area contributed by atoms with Gasteiger partial charge in [-0.05, 0) is 43.5 Å². The number of anilines is 1. The number of halogens is 2. The van der Waals surface area contributed by atoms with Gasteiger partial charge in [0.2, 0.25) is 21.8 Å². The zero-order valence-corrected chi connectivity index (χ0v) is 22.0. The maximum atomic E-state index is 13.2. The lowest BCUT2D eigenvalue weighted by molar-refractivity contribution is -0.140. The number of nitrogens with zero attached hydrogens (tertiary/aromatic N) is 2. The van der Waals surface area contributed by atoms with Crippen LogP contribution >= 0.6 is 23.2 Å². The first-order valence-corrected chi connectivity index (χ1v) is 13.7. The van der Waals surface area contributed by atoms with Crippen molar-refractivity contribution in [1.82, 2.24) is 10.2 Å². The number of hydrogen-bond donors (Lipinski definition) is 1. The van der Waals surface area contributed by atoms with Crippen molar-refractivity contribution in [2.24, 2.45) is 0 Å². The van der Waals surface area contributed by atoms with E-state index >= 15 is 0 Å². The van der Waals surface area contributed by atoms with Gasteiger partial charge in [0.1, 0.15) is 6.04 Å². The van der Waals surface area contributed by atoms with Crippen molar-refractivity contribution in [3.63, 3.8) is 0 Å². The third-order valence-corrected chi connectivity index (χ3v) is 6.98. The van der Waals surface area contributed by atoms with E-state index in [0.717, 1.165) is 22.5 Å². The monoisotopic (exact) mass is 527 g/mol. The molecule has 186 valence electrons. The molecule has 10 heteroatoms. The van der Waals surface area contributed by atoms with E-state index in [-0.39, 0.29) is 48.5 Å². The van der Waals surface area contributed by atoms with Crippen molar-refractivity contribution in [1.29, 1.82) is 0 Å². The fourth-order valence-corrected chi connectivity index (χ4v) is 4.82. The van der Waals surface area contributed by atoms with Crippen molar-refractivity contribution in [3.8, 4) is 0 Å². The smallest absolute Gasteiger partial charge is 0.242 e. The molecule has 0 saturated heterocycles. The largest absolute Gasteiger partial charge is 0.354 e. The van der Waals surface area contributed by atoms with Crippen molar-refractivity contribution in [2.75, 3.05) is 23.7 Å². The lowest BCUT2D eigenvalue weighted by Crippen LogP contribution is -2.47. The SMILES string of the molecule is CCCNC(=O)[C@@H](C)N(Cc1ccccc1)C(=O)CCCN(c1cc(Cl)ccc1Cl)S(C)(=O)=O. The summed E-state index contributed by atoms with van der Waals surface area (Å²) in [5.74, 6) is -0.469. The van der Waals surface area contributed by atoms with Crippen LogP contribution in [0.15, 0.2) is 48.5 Å². The van der Waals surface area contributed by atoms with Crippen LogP contribution < -0.4 is 9.62 Å². The molecule has 2 rings (SSSR count). The molecule has 0 fully saturated rings. The molecule has 0 spiro atoms. The second-order valence-electron chi connectivity index (χ2n) is 8.01. The van der Waals surface area contributed by atoms with E-state index in [1.165, 1.54) is 17.0 Å². The van der Waals surface area contributed by atoms with Gasteiger partial charge in [-0.15, -0.1) is 0 Å². The van der Waals surface area contributed by atoms with E-state index in [1.807, 2.05) is 37.3 Å². The summed E-state index contributed by atoms with van der Waals surface area (Å²) < 4.78 is 26.0. The highest BCUT2D eigenvalue weighted by atomic mass is 35.5. The first kappa shape index (κ1) is 28.0. The molecule has 1 atom stereocenters. The lowest BCUT2D eigenvalue weighted by atomic mass is 10.1. The summed E-state index contributed by atoms with van der Waals surface area (Å²) in [6, 6.07) is 13.3. The summed E-state index contributed by atoms with van der Waals surface area (Å²) in [4.78, 5) is 27.3. The number of carbonyl (C=O) groups is 2. The number of rotatable bonds is 12. The highest BCUT2D eigenvalue weighted by Crippen LogP contribution is 2.31. The Labute approximate surface area is 212 Å². The van der Waals surface area contributed by atoms with E-state index in [0.29, 0.717) is 11.6 Å². The van der Waals surface area contributed by atoms with Gasteiger partial charge < -0.3 is 10.2 Å². The topological polar surface area (TPSA) is 86.8 Å². The van der Waals surface area contributed by atoms with Crippen LogP contribution in [-0.4, -0.2) is 50.5 Å². The fraction of sp³-hybridized carbons (Fsp3) is 0.417. The number of sulfonamides is 1. The van der Waals surface area contributed by atoms with Gasteiger partial charge in [-0.25, -0.2) is 8.42 Å². The van der Waals surface area contributed by atoms with Crippen molar-refractivity contribution in [3.05, 3.63) is 64.1 Å². The van der Waals surface area contributed by atoms with Crippen LogP contribution in [0.4, 0.5) is 5.69 Å². The Bertz CT molecular complexity index is 1080. The first-order chi connectivity index (χ1) is 16.0. The Morgan fingerprint density at radius 1 is 1.09 bits per heavy atom. The molecular formula is C24H31Cl2N3O4S. The highest BCUT2D eigenvalue weighted by Gasteiger charge is 2.27. The quantitative estimate of drug-likeness (QED) is 0.440. The molecule has 0 saturated carbocycles. The van der Waals surface area contributed by atoms with Gasteiger partial charge in [0.25, 0.3) is 0 Å². The average molecular weight is 529 g/mol. The van der Waals surface area contributed by atoms with E-state index in [9.17, 15) is 18.0 Å². The molecule has 2 amide bonds. The van der Waals surface area contributed by atoms with Crippen LogP contribution in [0.2, 0.25) is 10.0 Å². The van der Waals surface area contributed by atoms with Gasteiger partial charge >= 0.3 is 0 Å². The number of carbonyl (C=O) groups excluding carboxylic acids is 2. The summed E-state index contributed by atoms with van der Waals surface area (Å²) in [5.41, 5.74) is 1.16. The van der Waals surface area contributed by atoms with Gasteiger partial charge in [0.15, 0.2) is 0 Å². The zero-order chi connectivity index (χ0) is 25.3. The first-order valence-electron chi connectivity index (χ1n) is 11.1. The Hall–Kier alpha value is -2.29. The van der Waals surface area contributed by atoms with Gasteiger partial charge in [-0.1, -0.05) is 60.5 Å². The van der Waals surface area contributed by atoms with Crippen LogP contribution in [0.1, 0.15) is 38.7 Å². The number of nitrogens with one attached hydrogen (secondary N) is 1. The molecule has 0 bridgehead atoms. The zero-order valence-electron chi connectivity index (χ0n) is 19.6. The molecule has 0 aliphatic heterocycles. The van der Waals surface area contributed by atoms with Crippen molar-refractivity contribution >= 4 is 50.7 Å². The van der Waals surface area contributed by atoms with Gasteiger partial charge in [-0.3, -0.25) is 13.9 Å². The number of hydrogen-bond acceptors (Lipinski definition) is 4. The molecule has 2 aromatic carbocycles. The summed E-state index contributed by atoms with van der Waals surface area (Å²) in [6.07, 6.45) is 2.16. The third-order valence-electron chi connectivity index (χ3n) is 5.24. The summed E-state index contributed by atoms with van der Waals surface area (Å²) >= 11 is 12.2.